The smallest absolute Gasteiger partial charge is 0.303 e. The maximum atomic E-state index is 10.4. The highest BCUT2D eigenvalue weighted by Crippen LogP contribution is 2.21. The summed E-state index contributed by atoms with van der Waals surface area (Å²) in [6.07, 6.45) is 6.28. The van der Waals surface area contributed by atoms with E-state index in [0.29, 0.717) is 6.42 Å². The van der Waals surface area contributed by atoms with Gasteiger partial charge in [-0.25, -0.2) is 0 Å². The number of unbranched alkanes of at least 4 members (excludes halogenated alkanes) is 1. The first-order valence-corrected chi connectivity index (χ1v) is 6.94. The van der Waals surface area contributed by atoms with E-state index in [1.165, 1.54) is 45.4 Å². The molecule has 0 bridgehead atoms. The van der Waals surface area contributed by atoms with Gasteiger partial charge in [0.15, 0.2) is 0 Å². The second-order valence-electron chi connectivity index (χ2n) is 5.34. The number of piperazine rings is 1. The fourth-order valence-corrected chi connectivity index (χ4v) is 3.04. The maximum absolute atomic E-state index is 10.4. The Hall–Kier alpha value is -0.610. The Morgan fingerprint density at radius 3 is 2.88 bits per heavy atom. The Labute approximate surface area is 104 Å². The number of aliphatic carboxylic acids is 1. The Balaban J connectivity index is 1.64. The lowest BCUT2D eigenvalue weighted by atomic mass is 9.99. The van der Waals surface area contributed by atoms with Crippen molar-refractivity contribution in [1.82, 2.24) is 9.80 Å². The zero-order valence-corrected chi connectivity index (χ0v) is 10.6. The summed E-state index contributed by atoms with van der Waals surface area (Å²) in [6.45, 7) is 5.95. The largest absolute Gasteiger partial charge is 0.481 e. The normalized spacial score (nSPS) is 26.7. The average molecular weight is 240 g/mol. The molecule has 1 atom stereocenters. The van der Waals surface area contributed by atoms with Gasteiger partial charge in [-0.05, 0) is 38.8 Å². The van der Waals surface area contributed by atoms with Gasteiger partial charge in [0.05, 0.1) is 0 Å². The molecule has 1 unspecified atom stereocenters. The molecule has 0 amide bonds. The minimum atomic E-state index is -0.665. The summed E-state index contributed by atoms with van der Waals surface area (Å²) >= 11 is 0. The molecule has 0 aliphatic carbocycles. The van der Waals surface area contributed by atoms with E-state index in [0.717, 1.165) is 25.4 Å². The van der Waals surface area contributed by atoms with Crippen molar-refractivity contribution in [2.45, 2.75) is 44.6 Å². The summed E-state index contributed by atoms with van der Waals surface area (Å²) in [7, 11) is 0. The zero-order valence-electron chi connectivity index (χ0n) is 10.6. The summed E-state index contributed by atoms with van der Waals surface area (Å²) in [6, 6.07) is 0.775. The first kappa shape index (κ1) is 12.8. The van der Waals surface area contributed by atoms with E-state index in [-0.39, 0.29) is 0 Å². The summed E-state index contributed by atoms with van der Waals surface area (Å²) in [4.78, 5) is 15.6. The number of hydrogen-bond donors (Lipinski definition) is 1. The summed E-state index contributed by atoms with van der Waals surface area (Å²) in [5.41, 5.74) is 0. The van der Waals surface area contributed by atoms with Crippen LogP contribution in [0, 0.1) is 0 Å². The van der Waals surface area contributed by atoms with Crippen molar-refractivity contribution >= 4 is 5.97 Å². The van der Waals surface area contributed by atoms with Crippen molar-refractivity contribution in [1.29, 1.82) is 0 Å². The van der Waals surface area contributed by atoms with Crippen LogP contribution in [-0.2, 0) is 4.79 Å². The summed E-state index contributed by atoms with van der Waals surface area (Å²) in [5.74, 6) is -0.665. The lowest BCUT2D eigenvalue weighted by molar-refractivity contribution is -0.137. The molecule has 0 aromatic carbocycles. The molecule has 2 heterocycles. The molecule has 2 aliphatic heterocycles. The van der Waals surface area contributed by atoms with Gasteiger partial charge in [0, 0.05) is 32.1 Å². The van der Waals surface area contributed by atoms with Crippen molar-refractivity contribution in [3.05, 3.63) is 0 Å². The van der Waals surface area contributed by atoms with Gasteiger partial charge in [-0.3, -0.25) is 9.69 Å². The molecule has 17 heavy (non-hydrogen) atoms. The SMILES string of the molecule is O=C(O)CCCCN1CCN2CCCCC2C1. The molecule has 2 fully saturated rings. The van der Waals surface area contributed by atoms with E-state index in [1.54, 1.807) is 0 Å². The second kappa shape index (κ2) is 6.36. The van der Waals surface area contributed by atoms with Crippen molar-refractivity contribution in [2.75, 3.05) is 32.7 Å². The standard InChI is InChI=1S/C13H24N2O2/c16-13(17)6-2-3-7-14-9-10-15-8-4-1-5-12(15)11-14/h12H,1-11H2,(H,16,17). The number of carboxylic acid groups (broad SMARTS) is 1. The molecule has 4 heteroatoms. The predicted octanol–water partition coefficient (Wildman–Crippen LogP) is 1.41. The maximum Gasteiger partial charge on any atom is 0.303 e. The molecule has 4 nitrogen and oxygen atoms in total. The molecule has 98 valence electrons. The van der Waals surface area contributed by atoms with Crippen LogP contribution in [0.2, 0.25) is 0 Å². The third-order valence-electron chi connectivity index (χ3n) is 4.04. The van der Waals surface area contributed by atoms with E-state index < -0.39 is 5.97 Å². The van der Waals surface area contributed by atoms with E-state index in [2.05, 4.69) is 9.80 Å². The molecule has 2 rings (SSSR count). The molecule has 0 radical (unpaired) electrons. The van der Waals surface area contributed by atoms with E-state index in [9.17, 15) is 4.79 Å². The predicted molar refractivity (Wildman–Crippen MR) is 67.1 cm³/mol. The number of fused-ring (bicyclic) bond motifs is 1. The summed E-state index contributed by atoms with van der Waals surface area (Å²) in [5, 5.41) is 8.58. The van der Waals surface area contributed by atoms with Crippen LogP contribution in [0.3, 0.4) is 0 Å². The molecule has 2 saturated heterocycles. The average Bonchev–Trinajstić information content (AvgIpc) is 2.34. The molecule has 0 spiro atoms. The third kappa shape index (κ3) is 3.96. The first-order valence-electron chi connectivity index (χ1n) is 6.94. The van der Waals surface area contributed by atoms with Crippen LogP contribution in [0.5, 0.6) is 0 Å². The van der Waals surface area contributed by atoms with Crippen LogP contribution in [0.25, 0.3) is 0 Å². The number of nitrogens with zero attached hydrogens (tertiary/aromatic N) is 2. The number of rotatable bonds is 5. The van der Waals surface area contributed by atoms with Crippen LogP contribution >= 0.6 is 0 Å². The lowest BCUT2D eigenvalue weighted by Gasteiger charge is -2.44. The Morgan fingerprint density at radius 2 is 2.06 bits per heavy atom. The summed E-state index contributed by atoms with van der Waals surface area (Å²) < 4.78 is 0. The number of carboxylic acids is 1. The van der Waals surface area contributed by atoms with E-state index in [1.807, 2.05) is 0 Å². The molecule has 2 aliphatic rings. The van der Waals surface area contributed by atoms with Crippen molar-refractivity contribution < 1.29 is 9.90 Å². The van der Waals surface area contributed by atoms with Gasteiger partial charge < -0.3 is 10.0 Å². The molecule has 1 N–H and O–H groups in total. The van der Waals surface area contributed by atoms with Crippen molar-refractivity contribution in [3.63, 3.8) is 0 Å². The quantitative estimate of drug-likeness (QED) is 0.738. The highest BCUT2D eigenvalue weighted by molar-refractivity contribution is 5.66. The van der Waals surface area contributed by atoms with Gasteiger partial charge in [-0.15, -0.1) is 0 Å². The van der Waals surface area contributed by atoms with Crippen LogP contribution in [0.4, 0.5) is 0 Å². The van der Waals surface area contributed by atoms with E-state index >= 15 is 0 Å². The van der Waals surface area contributed by atoms with Crippen molar-refractivity contribution in [2.24, 2.45) is 0 Å². The van der Waals surface area contributed by atoms with Gasteiger partial charge in [0.25, 0.3) is 0 Å². The molecule has 0 saturated carbocycles. The minimum absolute atomic E-state index is 0.323. The highest BCUT2D eigenvalue weighted by atomic mass is 16.4. The van der Waals surface area contributed by atoms with Gasteiger partial charge in [0.1, 0.15) is 0 Å². The number of carbonyl (C=O) groups is 1. The first-order chi connectivity index (χ1) is 8.25. The highest BCUT2D eigenvalue weighted by Gasteiger charge is 2.28. The lowest BCUT2D eigenvalue weighted by Crippen LogP contribution is -2.54. The van der Waals surface area contributed by atoms with Crippen LogP contribution in [-0.4, -0.2) is 59.6 Å². The molecule has 0 aromatic heterocycles. The Bertz CT molecular complexity index is 258. The van der Waals surface area contributed by atoms with Gasteiger partial charge in [-0.2, -0.15) is 0 Å². The number of piperidine rings is 1. The fraction of sp³-hybridized carbons (Fsp3) is 0.923. The fourth-order valence-electron chi connectivity index (χ4n) is 3.04. The van der Waals surface area contributed by atoms with Crippen molar-refractivity contribution in [3.8, 4) is 0 Å². The topological polar surface area (TPSA) is 43.8 Å². The zero-order chi connectivity index (χ0) is 12.1. The van der Waals surface area contributed by atoms with Crippen LogP contribution < -0.4 is 0 Å². The van der Waals surface area contributed by atoms with Crippen LogP contribution in [0.1, 0.15) is 38.5 Å². The molecule has 0 aromatic rings. The van der Waals surface area contributed by atoms with E-state index in [4.69, 9.17) is 5.11 Å². The Morgan fingerprint density at radius 1 is 1.18 bits per heavy atom. The van der Waals surface area contributed by atoms with Gasteiger partial charge >= 0.3 is 5.97 Å². The molecular weight excluding hydrogens is 216 g/mol. The Kier molecular flexibility index (Phi) is 4.80. The van der Waals surface area contributed by atoms with Gasteiger partial charge in [-0.1, -0.05) is 6.42 Å². The third-order valence-corrected chi connectivity index (χ3v) is 4.04. The van der Waals surface area contributed by atoms with Crippen LogP contribution in [0.15, 0.2) is 0 Å². The monoisotopic (exact) mass is 240 g/mol. The minimum Gasteiger partial charge on any atom is -0.481 e. The molecular formula is C13H24N2O2. The van der Waals surface area contributed by atoms with Gasteiger partial charge in [0.2, 0.25) is 0 Å². The number of hydrogen-bond acceptors (Lipinski definition) is 3. The second-order valence-corrected chi connectivity index (χ2v) is 5.34.